The summed E-state index contributed by atoms with van der Waals surface area (Å²) in [6.07, 6.45) is 0. The molecule has 1 aromatic carbocycles. The predicted molar refractivity (Wildman–Crippen MR) is 69.1 cm³/mol. The van der Waals surface area contributed by atoms with Crippen molar-refractivity contribution < 1.29 is 4.92 Å². The van der Waals surface area contributed by atoms with E-state index in [0.29, 0.717) is 12.4 Å². The lowest BCUT2D eigenvalue weighted by molar-refractivity contribution is -0.384. The first-order valence-electron chi connectivity index (χ1n) is 5.35. The predicted octanol–water partition coefficient (Wildman–Crippen LogP) is 2.18. The third-order valence-corrected chi connectivity index (χ3v) is 2.42. The molecule has 0 aliphatic carbocycles. The van der Waals surface area contributed by atoms with Crippen LogP contribution in [0.25, 0.3) is 0 Å². The van der Waals surface area contributed by atoms with Crippen LogP contribution in [0.4, 0.5) is 17.3 Å². The molecular formula is C12H12N4O2. The van der Waals surface area contributed by atoms with Gasteiger partial charge in [-0.15, -0.1) is 0 Å². The van der Waals surface area contributed by atoms with Crippen molar-refractivity contribution in [2.45, 2.75) is 6.54 Å². The number of rotatable bonds is 4. The van der Waals surface area contributed by atoms with Crippen molar-refractivity contribution >= 4 is 17.3 Å². The van der Waals surface area contributed by atoms with E-state index >= 15 is 0 Å². The Balaban J connectivity index is 2.07. The fraction of sp³-hybridized carbons (Fsp3) is 0.0833. The van der Waals surface area contributed by atoms with Crippen molar-refractivity contribution in [2.75, 3.05) is 11.1 Å². The van der Waals surface area contributed by atoms with Gasteiger partial charge < -0.3 is 11.1 Å². The van der Waals surface area contributed by atoms with Crippen molar-refractivity contribution in [1.82, 2.24) is 4.98 Å². The summed E-state index contributed by atoms with van der Waals surface area (Å²) in [5.74, 6) is 0.431. The Hall–Kier alpha value is -2.63. The largest absolute Gasteiger partial charge is 0.378 e. The second-order valence-electron chi connectivity index (χ2n) is 3.70. The Labute approximate surface area is 104 Å². The van der Waals surface area contributed by atoms with Crippen LogP contribution in [0, 0.1) is 10.1 Å². The van der Waals surface area contributed by atoms with Crippen molar-refractivity contribution in [2.24, 2.45) is 0 Å². The quantitative estimate of drug-likeness (QED) is 0.635. The number of hydrogen-bond acceptors (Lipinski definition) is 5. The van der Waals surface area contributed by atoms with Gasteiger partial charge in [0.15, 0.2) is 0 Å². The molecular weight excluding hydrogens is 232 g/mol. The first-order valence-corrected chi connectivity index (χ1v) is 5.35. The molecule has 0 amide bonds. The molecule has 6 nitrogen and oxygen atoms in total. The number of nitro groups is 1. The van der Waals surface area contributed by atoms with Gasteiger partial charge in [0.05, 0.1) is 4.92 Å². The van der Waals surface area contributed by atoms with E-state index in [2.05, 4.69) is 10.3 Å². The Morgan fingerprint density at radius 1 is 1.22 bits per heavy atom. The molecule has 1 aromatic heterocycles. The van der Waals surface area contributed by atoms with E-state index in [1.54, 1.807) is 0 Å². The van der Waals surface area contributed by atoms with Gasteiger partial charge in [-0.25, -0.2) is 4.98 Å². The Kier molecular flexibility index (Phi) is 3.38. The molecule has 0 atom stereocenters. The molecule has 6 heteroatoms. The second-order valence-corrected chi connectivity index (χ2v) is 3.70. The van der Waals surface area contributed by atoms with Gasteiger partial charge in [-0.2, -0.15) is 0 Å². The van der Waals surface area contributed by atoms with Gasteiger partial charge in [-0.3, -0.25) is 10.1 Å². The van der Waals surface area contributed by atoms with Crippen molar-refractivity contribution in [1.29, 1.82) is 0 Å². The van der Waals surface area contributed by atoms with E-state index in [4.69, 9.17) is 5.73 Å². The molecule has 3 N–H and O–H groups in total. The maximum absolute atomic E-state index is 10.6. The van der Waals surface area contributed by atoms with Crippen LogP contribution in [0.5, 0.6) is 0 Å². The van der Waals surface area contributed by atoms with Crippen LogP contribution in [0.15, 0.2) is 42.5 Å². The standard InChI is InChI=1S/C12H12N4O2/c13-12-10(16(17)18)6-7-11(15-12)14-8-9-4-2-1-3-5-9/h1-7H,8H2,(H3,13,14,15). The van der Waals surface area contributed by atoms with E-state index in [1.807, 2.05) is 30.3 Å². The highest BCUT2D eigenvalue weighted by Crippen LogP contribution is 2.20. The minimum Gasteiger partial charge on any atom is -0.378 e. The highest BCUT2D eigenvalue weighted by atomic mass is 16.6. The summed E-state index contributed by atoms with van der Waals surface area (Å²) < 4.78 is 0. The average molecular weight is 244 g/mol. The molecule has 0 saturated heterocycles. The van der Waals surface area contributed by atoms with Crippen LogP contribution in [0.3, 0.4) is 0 Å². The fourth-order valence-electron chi connectivity index (χ4n) is 1.51. The van der Waals surface area contributed by atoms with Gasteiger partial charge in [-0.05, 0) is 11.6 Å². The summed E-state index contributed by atoms with van der Waals surface area (Å²) in [5.41, 5.74) is 6.41. The smallest absolute Gasteiger partial charge is 0.311 e. The van der Waals surface area contributed by atoms with Crippen molar-refractivity contribution in [3.63, 3.8) is 0 Å². The molecule has 1 heterocycles. The Bertz CT molecular complexity index is 557. The number of benzene rings is 1. The second kappa shape index (κ2) is 5.13. The summed E-state index contributed by atoms with van der Waals surface area (Å²) in [6.45, 7) is 0.588. The third-order valence-electron chi connectivity index (χ3n) is 2.42. The van der Waals surface area contributed by atoms with E-state index in [9.17, 15) is 10.1 Å². The van der Waals surface area contributed by atoms with Crippen LogP contribution in [-0.4, -0.2) is 9.91 Å². The van der Waals surface area contributed by atoms with E-state index < -0.39 is 4.92 Å². The number of aromatic nitrogens is 1. The zero-order valence-corrected chi connectivity index (χ0v) is 9.54. The lowest BCUT2D eigenvalue weighted by Crippen LogP contribution is -2.04. The highest BCUT2D eigenvalue weighted by molar-refractivity contribution is 5.57. The van der Waals surface area contributed by atoms with Crippen LogP contribution < -0.4 is 11.1 Å². The third kappa shape index (κ3) is 2.73. The van der Waals surface area contributed by atoms with E-state index in [0.717, 1.165) is 5.56 Å². The van der Waals surface area contributed by atoms with Crippen molar-refractivity contribution in [3.8, 4) is 0 Å². The molecule has 2 rings (SSSR count). The normalized spacial score (nSPS) is 10.0. The first kappa shape index (κ1) is 11.8. The molecule has 0 saturated carbocycles. The number of pyridine rings is 1. The zero-order valence-electron chi connectivity index (χ0n) is 9.54. The number of nitrogens with zero attached hydrogens (tertiary/aromatic N) is 2. The number of hydrogen-bond donors (Lipinski definition) is 2. The molecule has 0 spiro atoms. The first-order chi connectivity index (χ1) is 8.66. The molecule has 0 unspecified atom stereocenters. The van der Waals surface area contributed by atoms with Gasteiger partial charge in [0, 0.05) is 12.6 Å². The number of nitrogens with one attached hydrogen (secondary N) is 1. The van der Waals surface area contributed by atoms with Crippen LogP contribution in [-0.2, 0) is 6.54 Å². The summed E-state index contributed by atoms with van der Waals surface area (Å²) in [5, 5.41) is 13.6. The lowest BCUT2D eigenvalue weighted by Gasteiger charge is -2.06. The number of nitrogen functional groups attached to an aromatic ring is 1. The maximum Gasteiger partial charge on any atom is 0.311 e. The Morgan fingerprint density at radius 2 is 1.94 bits per heavy atom. The molecule has 0 radical (unpaired) electrons. The van der Waals surface area contributed by atoms with Crippen LogP contribution in [0.2, 0.25) is 0 Å². The maximum atomic E-state index is 10.6. The minimum atomic E-state index is -0.552. The van der Waals surface area contributed by atoms with Gasteiger partial charge in [0.2, 0.25) is 5.82 Å². The van der Waals surface area contributed by atoms with Crippen LogP contribution >= 0.6 is 0 Å². The summed E-state index contributed by atoms with van der Waals surface area (Å²) in [6, 6.07) is 12.6. The number of anilines is 2. The summed E-state index contributed by atoms with van der Waals surface area (Å²) in [4.78, 5) is 14.0. The summed E-state index contributed by atoms with van der Waals surface area (Å²) in [7, 11) is 0. The van der Waals surface area contributed by atoms with Gasteiger partial charge >= 0.3 is 5.69 Å². The summed E-state index contributed by atoms with van der Waals surface area (Å²) >= 11 is 0. The minimum absolute atomic E-state index is 0.0851. The Morgan fingerprint density at radius 3 is 2.56 bits per heavy atom. The van der Waals surface area contributed by atoms with E-state index in [-0.39, 0.29) is 11.5 Å². The number of nitrogens with two attached hydrogens (primary N) is 1. The highest BCUT2D eigenvalue weighted by Gasteiger charge is 2.12. The molecule has 18 heavy (non-hydrogen) atoms. The molecule has 92 valence electrons. The van der Waals surface area contributed by atoms with E-state index in [1.165, 1.54) is 12.1 Å². The molecule has 0 fully saturated rings. The molecule has 2 aromatic rings. The molecule has 0 aliphatic rings. The van der Waals surface area contributed by atoms with Crippen molar-refractivity contribution in [3.05, 3.63) is 58.1 Å². The topological polar surface area (TPSA) is 94.1 Å². The molecule has 0 bridgehead atoms. The molecule has 0 aliphatic heterocycles. The SMILES string of the molecule is Nc1nc(NCc2ccccc2)ccc1[N+](=O)[O-]. The van der Waals surface area contributed by atoms with Gasteiger partial charge in [-0.1, -0.05) is 30.3 Å². The average Bonchev–Trinajstić information content (AvgIpc) is 2.37. The van der Waals surface area contributed by atoms with Gasteiger partial charge in [0.1, 0.15) is 5.82 Å². The lowest BCUT2D eigenvalue weighted by atomic mass is 10.2. The zero-order chi connectivity index (χ0) is 13.0. The van der Waals surface area contributed by atoms with Gasteiger partial charge in [0.25, 0.3) is 0 Å². The monoisotopic (exact) mass is 244 g/mol. The fourth-order valence-corrected chi connectivity index (χ4v) is 1.51. The van der Waals surface area contributed by atoms with Crippen LogP contribution in [0.1, 0.15) is 5.56 Å².